The van der Waals surface area contributed by atoms with Gasteiger partial charge in [0.2, 0.25) is 0 Å². The Bertz CT molecular complexity index is 765. The Morgan fingerprint density at radius 1 is 1.36 bits per heavy atom. The highest BCUT2D eigenvalue weighted by molar-refractivity contribution is 5.94. The third kappa shape index (κ3) is 3.17. The second kappa shape index (κ2) is 6.17. The van der Waals surface area contributed by atoms with Gasteiger partial charge in [-0.1, -0.05) is 11.2 Å². The number of hydrogen-bond donors (Lipinski definition) is 1. The van der Waals surface area contributed by atoms with Crippen molar-refractivity contribution in [1.82, 2.24) is 30.7 Å². The van der Waals surface area contributed by atoms with E-state index in [4.69, 9.17) is 4.52 Å². The molecule has 22 heavy (non-hydrogen) atoms. The molecule has 112 valence electrons. The summed E-state index contributed by atoms with van der Waals surface area (Å²) >= 11 is 0. The minimum Gasteiger partial charge on any atom is -0.361 e. The fraction of sp³-hybridized carbons (Fsp3) is 0.214. The fourth-order valence-corrected chi connectivity index (χ4v) is 2.00. The van der Waals surface area contributed by atoms with Crippen LogP contribution in [0.2, 0.25) is 0 Å². The second-order valence-electron chi connectivity index (χ2n) is 4.75. The summed E-state index contributed by atoms with van der Waals surface area (Å²) in [5.74, 6) is 0.589. The SMILES string of the molecule is Cc1cc(CCNC(=O)c2cccc(-n3cnnn3)c2)on1. The van der Waals surface area contributed by atoms with Crippen LogP contribution in [0, 0.1) is 6.92 Å². The zero-order chi connectivity index (χ0) is 15.4. The molecule has 0 saturated heterocycles. The van der Waals surface area contributed by atoms with Gasteiger partial charge in [0.25, 0.3) is 5.91 Å². The minimum absolute atomic E-state index is 0.161. The summed E-state index contributed by atoms with van der Waals surface area (Å²) in [5.41, 5.74) is 2.10. The van der Waals surface area contributed by atoms with E-state index in [-0.39, 0.29) is 5.91 Å². The summed E-state index contributed by atoms with van der Waals surface area (Å²) in [5, 5.41) is 17.6. The van der Waals surface area contributed by atoms with E-state index in [1.54, 1.807) is 18.2 Å². The van der Waals surface area contributed by atoms with Crippen LogP contribution in [-0.4, -0.2) is 37.8 Å². The van der Waals surface area contributed by atoms with E-state index in [0.717, 1.165) is 17.1 Å². The van der Waals surface area contributed by atoms with Crippen molar-refractivity contribution >= 4 is 5.91 Å². The lowest BCUT2D eigenvalue weighted by Gasteiger charge is -2.05. The topological polar surface area (TPSA) is 98.7 Å². The smallest absolute Gasteiger partial charge is 0.251 e. The molecule has 3 rings (SSSR count). The number of carbonyl (C=O) groups excluding carboxylic acids is 1. The lowest BCUT2D eigenvalue weighted by atomic mass is 10.2. The number of benzene rings is 1. The average molecular weight is 298 g/mol. The third-order valence-electron chi connectivity index (χ3n) is 3.06. The number of nitrogens with zero attached hydrogens (tertiary/aromatic N) is 5. The molecular weight excluding hydrogens is 284 g/mol. The Balaban J connectivity index is 1.61. The maximum atomic E-state index is 12.1. The van der Waals surface area contributed by atoms with Crippen LogP contribution in [0.25, 0.3) is 5.69 Å². The van der Waals surface area contributed by atoms with Gasteiger partial charge in [0.05, 0.1) is 11.4 Å². The van der Waals surface area contributed by atoms with E-state index in [2.05, 4.69) is 26.0 Å². The van der Waals surface area contributed by atoms with E-state index in [1.807, 2.05) is 19.1 Å². The van der Waals surface area contributed by atoms with Gasteiger partial charge in [-0.15, -0.1) is 5.10 Å². The molecule has 0 bridgehead atoms. The molecule has 0 saturated carbocycles. The molecule has 0 unspecified atom stereocenters. The summed E-state index contributed by atoms with van der Waals surface area (Å²) in [7, 11) is 0. The van der Waals surface area contributed by atoms with Gasteiger partial charge in [-0.05, 0) is 35.5 Å². The summed E-state index contributed by atoms with van der Waals surface area (Å²) < 4.78 is 6.59. The first kappa shape index (κ1) is 13.9. The Hall–Kier alpha value is -3.03. The van der Waals surface area contributed by atoms with Gasteiger partial charge in [0.15, 0.2) is 0 Å². The van der Waals surface area contributed by atoms with Gasteiger partial charge < -0.3 is 9.84 Å². The van der Waals surface area contributed by atoms with Crippen molar-refractivity contribution in [3.8, 4) is 5.69 Å². The van der Waals surface area contributed by atoms with Crippen molar-refractivity contribution in [3.63, 3.8) is 0 Å². The van der Waals surface area contributed by atoms with Crippen LogP contribution < -0.4 is 5.32 Å². The molecule has 0 spiro atoms. The number of rotatable bonds is 5. The van der Waals surface area contributed by atoms with E-state index < -0.39 is 0 Å². The molecule has 8 nitrogen and oxygen atoms in total. The lowest BCUT2D eigenvalue weighted by Crippen LogP contribution is -2.25. The van der Waals surface area contributed by atoms with Crippen LogP contribution in [0.15, 0.2) is 41.2 Å². The minimum atomic E-state index is -0.161. The van der Waals surface area contributed by atoms with Crippen molar-refractivity contribution in [1.29, 1.82) is 0 Å². The predicted octanol–water partition coefficient (Wildman–Crippen LogP) is 0.931. The van der Waals surface area contributed by atoms with Crippen LogP contribution in [-0.2, 0) is 6.42 Å². The van der Waals surface area contributed by atoms with E-state index in [9.17, 15) is 4.79 Å². The maximum absolute atomic E-state index is 12.1. The molecule has 8 heteroatoms. The normalized spacial score (nSPS) is 10.6. The number of amides is 1. The number of aryl methyl sites for hydroxylation is 1. The van der Waals surface area contributed by atoms with E-state index >= 15 is 0 Å². The molecule has 0 radical (unpaired) electrons. The molecule has 1 aromatic carbocycles. The van der Waals surface area contributed by atoms with Crippen molar-refractivity contribution in [2.75, 3.05) is 6.54 Å². The van der Waals surface area contributed by atoms with Crippen LogP contribution in [0.3, 0.4) is 0 Å². The molecule has 0 atom stereocenters. The van der Waals surface area contributed by atoms with E-state index in [0.29, 0.717) is 18.5 Å². The molecule has 2 heterocycles. The van der Waals surface area contributed by atoms with Crippen LogP contribution >= 0.6 is 0 Å². The molecule has 2 aromatic heterocycles. The molecule has 0 aliphatic heterocycles. The Labute approximate surface area is 126 Å². The largest absolute Gasteiger partial charge is 0.361 e. The first-order valence-electron chi connectivity index (χ1n) is 6.76. The molecule has 0 aliphatic rings. The van der Waals surface area contributed by atoms with Crippen molar-refractivity contribution in [3.05, 3.63) is 53.7 Å². The number of aromatic nitrogens is 5. The number of tetrazole rings is 1. The maximum Gasteiger partial charge on any atom is 0.251 e. The fourth-order valence-electron chi connectivity index (χ4n) is 2.00. The van der Waals surface area contributed by atoms with Crippen LogP contribution in [0.1, 0.15) is 21.8 Å². The van der Waals surface area contributed by atoms with Gasteiger partial charge in [-0.2, -0.15) is 0 Å². The predicted molar refractivity (Wildman–Crippen MR) is 76.4 cm³/mol. The van der Waals surface area contributed by atoms with Crippen molar-refractivity contribution in [2.24, 2.45) is 0 Å². The van der Waals surface area contributed by atoms with E-state index in [1.165, 1.54) is 11.0 Å². The molecular formula is C14H14N6O2. The highest BCUT2D eigenvalue weighted by Gasteiger charge is 2.08. The highest BCUT2D eigenvalue weighted by Crippen LogP contribution is 2.09. The number of hydrogen-bond acceptors (Lipinski definition) is 6. The van der Waals surface area contributed by atoms with Gasteiger partial charge >= 0.3 is 0 Å². The Morgan fingerprint density at radius 2 is 2.27 bits per heavy atom. The summed E-state index contributed by atoms with van der Waals surface area (Å²) in [4.78, 5) is 12.1. The standard InChI is InChI=1S/C14H14N6O2/c1-10-7-13(22-17-10)5-6-15-14(21)11-3-2-4-12(8-11)20-9-16-18-19-20/h2-4,7-9H,5-6H2,1H3,(H,15,21). The van der Waals surface area contributed by atoms with Gasteiger partial charge in [-0.25, -0.2) is 4.68 Å². The molecule has 1 amide bonds. The quantitative estimate of drug-likeness (QED) is 0.752. The van der Waals surface area contributed by atoms with Crippen LogP contribution in [0.5, 0.6) is 0 Å². The summed E-state index contributed by atoms with van der Waals surface area (Å²) in [6, 6.07) is 8.92. The lowest BCUT2D eigenvalue weighted by molar-refractivity contribution is 0.0953. The monoisotopic (exact) mass is 298 g/mol. The van der Waals surface area contributed by atoms with Gasteiger partial charge in [-0.3, -0.25) is 4.79 Å². The van der Waals surface area contributed by atoms with Crippen molar-refractivity contribution in [2.45, 2.75) is 13.3 Å². The highest BCUT2D eigenvalue weighted by atomic mass is 16.5. The van der Waals surface area contributed by atoms with Crippen LogP contribution in [0.4, 0.5) is 0 Å². The Kier molecular flexibility index (Phi) is 3.90. The molecule has 0 fully saturated rings. The number of nitrogens with one attached hydrogen (secondary N) is 1. The molecule has 3 aromatic rings. The first-order valence-corrected chi connectivity index (χ1v) is 6.76. The molecule has 0 aliphatic carbocycles. The molecule has 1 N–H and O–H groups in total. The van der Waals surface area contributed by atoms with Gasteiger partial charge in [0.1, 0.15) is 12.1 Å². The van der Waals surface area contributed by atoms with Crippen molar-refractivity contribution < 1.29 is 9.32 Å². The summed E-state index contributed by atoms with van der Waals surface area (Å²) in [6.45, 7) is 2.33. The second-order valence-corrected chi connectivity index (χ2v) is 4.75. The number of carbonyl (C=O) groups is 1. The van der Waals surface area contributed by atoms with Gasteiger partial charge in [0, 0.05) is 24.6 Å². The average Bonchev–Trinajstić information content (AvgIpc) is 3.19. The zero-order valence-electron chi connectivity index (χ0n) is 11.9. The Morgan fingerprint density at radius 3 is 3.00 bits per heavy atom. The zero-order valence-corrected chi connectivity index (χ0v) is 11.9. The summed E-state index contributed by atoms with van der Waals surface area (Å²) in [6.07, 6.45) is 2.07. The third-order valence-corrected chi connectivity index (χ3v) is 3.06. The first-order chi connectivity index (χ1) is 10.7.